The van der Waals surface area contributed by atoms with Crippen LogP contribution < -0.4 is 4.72 Å². The third kappa shape index (κ3) is 4.70. The molecule has 0 aliphatic rings. The van der Waals surface area contributed by atoms with E-state index in [9.17, 15) is 25.1 Å². The topological polar surface area (TPSA) is 113 Å². The van der Waals surface area contributed by atoms with E-state index in [2.05, 4.69) is 4.72 Å². The highest BCUT2D eigenvalue weighted by atomic mass is 32.2. The van der Waals surface area contributed by atoms with Crippen LogP contribution in [0.25, 0.3) is 0 Å². The summed E-state index contributed by atoms with van der Waals surface area (Å²) in [6, 6.07) is 11.4. The number of nitrogens with zero attached hydrogens (tertiary/aromatic N) is 1. The van der Waals surface area contributed by atoms with Crippen molar-refractivity contribution < 1.29 is 19.9 Å². The van der Waals surface area contributed by atoms with Crippen LogP contribution in [0.3, 0.4) is 0 Å². The molecule has 0 aliphatic carbocycles. The number of hydrogen-bond donors (Lipinski definition) is 3. The minimum Gasteiger partial charge on any atom is -0.508 e. The maximum Gasteiger partial charge on any atom is 0.321 e. The minimum absolute atomic E-state index is 0.0845. The Kier molecular flexibility index (Phi) is 5.56. The van der Waals surface area contributed by atoms with Crippen molar-refractivity contribution >= 4 is 23.6 Å². The molecule has 0 radical (unpaired) electrons. The van der Waals surface area contributed by atoms with E-state index >= 15 is 0 Å². The van der Waals surface area contributed by atoms with Gasteiger partial charge in [-0.25, -0.2) is 4.72 Å². The van der Waals surface area contributed by atoms with Gasteiger partial charge in [0.05, 0.1) is 4.92 Å². The second kappa shape index (κ2) is 7.61. The molecule has 2 aromatic carbocycles. The van der Waals surface area contributed by atoms with Crippen molar-refractivity contribution in [2.45, 2.75) is 17.4 Å². The molecule has 8 heteroatoms. The first-order valence-corrected chi connectivity index (χ1v) is 7.45. The number of nitro groups is 1. The number of phenols is 1. The van der Waals surface area contributed by atoms with Crippen molar-refractivity contribution in [2.75, 3.05) is 0 Å². The van der Waals surface area contributed by atoms with Crippen molar-refractivity contribution in [3.63, 3.8) is 0 Å². The molecule has 0 saturated carbocycles. The Morgan fingerprint density at radius 2 is 1.87 bits per heavy atom. The Morgan fingerprint density at radius 3 is 2.48 bits per heavy atom. The number of hydrogen-bond acceptors (Lipinski definition) is 6. The van der Waals surface area contributed by atoms with Crippen molar-refractivity contribution in [1.29, 1.82) is 0 Å². The number of para-hydroxylation sites is 1. The van der Waals surface area contributed by atoms with Crippen molar-refractivity contribution in [1.82, 2.24) is 4.72 Å². The van der Waals surface area contributed by atoms with E-state index in [1.54, 1.807) is 30.3 Å². The highest BCUT2D eigenvalue weighted by Gasteiger charge is 2.20. The normalized spacial score (nSPS) is 11.8. The quantitative estimate of drug-likeness (QED) is 0.405. The summed E-state index contributed by atoms with van der Waals surface area (Å²) in [5.41, 5.74) is 0.643. The summed E-state index contributed by atoms with van der Waals surface area (Å²) in [6.45, 7) is 0. The molecule has 1 atom stereocenters. The number of phenolic OH excluding ortho intramolecular Hbond substituents is 1. The van der Waals surface area contributed by atoms with Gasteiger partial charge in [0.2, 0.25) is 0 Å². The molecule has 0 aliphatic heterocycles. The molecule has 0 heterocycles. The molecule has 7 nitrogen and oxygen atoms in total. The van der Waals surface area contributed by atoms with Crippen LogP contribution in [0, 0.1) is 10.1 Å². The molecule has 0 fully saturated rings. The van der Waals surface area contributed by atoms with Crippen LogP contribution >= 0.6 is 11.9 Å². The predicted octanol–water partition coefficient (Wildman–Crippen LogP) is 2.59. The first-order chi connectivity index (χ1) is 11.0. The first kappa shape index (κ1) is 16.8. The molecular weight excluding hydrogens is 320 g/mol. The molecular formula is C15H14N2O5S. The first-order valence-electron chi connectivity index (χ1n) is 6.64. The highest BCUT2D eigenvalue weighted by Crippen LogP contribution is 2.27. The van der Waals surface area contributed by atoms with E-state index in [0.29, 0.717) is 4.90 Å². The summed E-state index contributed by atoms with van der Waals surface area (Å²) < 4.78 is 2.74. The number of aromatic hydroxyl groups is 1. The van der Waals surface area contributed by atoms with Crippen LogP contribution in [-0.2, 0) is 11.2 Å². The van der Waals surface area contributed by atoms with Gasteiger partial charge >= 0.3 is 5.97 Å². The van der Waals surface area contributed by atoms with Crippen molar-refractivity contribution in [2.24, 2.45) is 0 Å². The van der Waals surface area contributed by atoms with Crippen LogP contribution in [0.4, 0.5) is 5.69 Å². The number of aliphatic carboxylic acids is 1. The van der Waals surface area contributed by atoms with Crippen LogP contribution in [0.15, 0.2) is 53.4 Å². The number of carboxylic acid groups (broad SMARTS) is 1. The van der Waals surface area contributed by atoms with Gasteiger partial charge in [-0.1, -0.05) is 24.3 Å². The van der Waals surface area contributed by atoms with E-state index in [4.69, 9.17) is 0 Å². The minimum atomic E-state index is -1.07. The van der Waals surface area contributed by atoms with Crippen molar-refractivity contribution in [3.05, 3.63) is 64.2 Å². The second-order valence-corrected chi connectivity index (χ2v) is 5.59. The third-order valence-corrected chi connectivity index (χ3v) is 4.01. The molecule has 23 heavy (non-hydrogen) atoms. The lowest BCUT2D eigenvalue weighted by atomic mass is 10.1. The van der Waals surface area contributed by atoms with Gasteiger partial charge in [0.1, 0.15) is 16.7 Å². The predicted molar refractivity (Wildman–Crippen MR) is 85.3 cm³/mol. The van der Waals surface area contributed by atoms with Gasteiger partial charge in [-0.05, 0) is 42.1 Å². The van der Waals surface area contributed by atoms with E-state index in [1.165, 1.54) is 18.2 Å². The third-order valence-electron chi connectivity index (χ3n) is 3.05. The largest absolute Gasteiger partial charge is 0.508 e. The molecule has 2 rings (SSSR count). The lowest BCUT2D eigenvalue weighted by molar-refractivity contribution is -0.387. The van der Waals surface area contributed by atoms with Gasteiger partial charge in [0, 0.05) is 6.07 Å². The highest BCUT2D eigenvalue weighted by molar-refractivity contribution is 7.97. The summed E-state index contributed by atoms with van der Waals surface area (Å²) in [7, 11) is 0. The fraction of sp³-hybridized carbons (Fsp3) is 0.133. The Morgan fingerprint density at radius 1 is 1.22 bits per heavy atom. The molecule has 0 aromatic heterocycles. The van der Waals surface area contributed by atoms with Gasteiger partial charge in [0.25, 0.3) is 5.69 Å². The SMILES string of the molecule is O=C(O)C(Cc1ccc(O)cc1)NSc1ccccc1[N+](=O)[O-]. The number of carboxylic acids is 1. The second-order valence-electron chi connectivity index (χ2n) is 4.71. The maximum absolute atomic E-state index is 11.4. The van der Waals surface area contributed by atoms with Gasteiger partial charge in [-0.2, -0.15) is 0 Å². The molecule has 1 unspecified atom stereocenters. The Labute approximate surface area is 136 Å². The molecule has 0 bridgehead atoms. The number of benzene rings is 2. The number of nitrogens with one attached hydrogen (secondary N) is 1. The van der Waals surface area contributed by atoms with Gasteiger partial charge in [-0.15, -0.1) is 0 Å². The average Bonchev–Trinajstić information content (AvgIpc) is 2.53. The number of carbonyl (C=O) groups is 1. The maximum atomic E-state index is 11.4. The smallest absolute Gasteiger partial charge is 0.321 e. The van der Waals surface area contributed by atoms with E-state index < -0.39 is 16.9 Å². The van der Waals surface area contributed by atoms with E-state index in [1.807, 2.05) is 0 Å². The Hall–Kier alpha value is -2.58. The molecule has 2 aromatic rings. The zero-order valence-corrected chi connectivity index (χ0v) is 12.7. The lowest BCUT2D eigenvalue weighted by Crippen LogP contribution is -2.34. The van der Waals surface area contributed by atoms with Crippen LogP contribution in [0.5, 0.6) is 5.75 Å². The zero-order chi connectivity index (χ0) is 16.8. The van der Waals surface area contributed by atoms with Crippen LogP contribution in [0.2, 0.25) is 0 Å². The zero-order valence-electron chi connectivity index (χ0n) is 11.9. The van der Waals surface area contributed by atoms with Crippen LogP contribution in [0.1, 0.15) is 5.56 Å². The lowest BCUT2D eigenvalue weighted by Gasteiger charge is -2.14. The van der Waals surface area contributed by atoms with Crippen molar-refractivity contribution in [3.8, 4) is 5.75 Å². The fourth-order valence-corrected chi connectivity index (χ4v) is 2.72. The summed E-state index contributed by atoms with van der Waals surface area (Å²) >= 11 is 0.912. The Balaban J connectivity index is 2.07. The standard InChI is InChI=1S/C15H14N2O5S/c18-11-7-5-10(6-8-11)9-12(15(19)20)16-23-14-4-2-1-3-13(14)17(21)22/h1-8,12,16,18H,9H2,(H,19,20). The summed E-state index contributed by atoms with van der Waals surface area (Å²) in [5, 5.41) is 29.5. The molecule has 0 spiro atoms. The van der Waals surface area contributed by atoms with Gasteiger partial charge < -0.3 is 10.2 Å². The van der Waals surface area contributed by atoms with Gasteiger partial charge in [-0.3, -0.25) is 14.9 Å². The molecule has 3 N–H and O–H groups in total. The number of nitro benzene ring substituents is 1. The van der Waals surface area contributed by atoms with E-state index in [-0.39, 0.29) is 17.9 Å². The van der Waals surface area contributed by atoms with Crippen LogP contribution in [-0.4, -0.2) is 27.1 Å². The summed E-state index contributed by atoms with van der Waals surface area (Å²) in [6.07, 6.45) is 0.184. The van der Waals surface area contributed by atoms with E-state index in [0.717, 1.165) is 17.5 Å². The Bertz CT molecular complexity index is 705. The molecule has 0 amide bonds. The average molecular weight is 334 g/mol. The van der Waals surface area contributed by atoms with Gasteiger partial charge in [0.15, 0.2) is 0 Å². The molecule has 120 valence electrons. The monoisotopic (exact) mass is 334 g/mol. The fourth-order valence-electron chi connectivity index (χ4n) is 1.88. The summed E-state index contributed by atoms with van der Waals surface area (Å²) in [5.74, 6) is -0.966. The number of rotatable bonds is 7. The summed E-state index contributed by atoms with van der Waals surface area (Å²) in [4.78, 5) is 22.1. The molecule has 0 saturated heterocycles.